The van der Waals surface area contributed by atoms with Gasteiger partial charge in [-0.25, -0.2) is 4.98 Å². The molecule has 2 atom stereocenters. The largest absolute Gasteiger partial charge is 0.481 e. The van der Waals surface area contributed by atoms with E-state index in [-0.39, 0.29) is 24.0 Å². The van der Waals surface area contributed by atoms with Crippen LogP contribution in [0.15, 0.2) is 54.6 Å². The number of pyridine rings is 2. The number of carboxylic acid groups (broad SMARTS) is 1. The summed E-state index contributed by atoms with van der Waals surface area (Å²) >= 11 is 7.14. The maximum absolute atomic E-state index is 14.7. The second kappa shape index (κ2) is 15.6. The Balaban J connectivity index is 1.05. The Bertz CT molecular complexity index is 2210. The minimum Gasteiger partial charge on any atom is -0.481 e. The summed E-state index contributed by atoms with van der Waals surface area (Å²) in [5, 5.41) is 14.0. The molecule has 14 heteroatoms. The Morgan fingerprint density at radius 2 is 1.65 bits per heavy atom. The van der Waals surface area contributed by atoms with Crippen LogP contribution in [0.2, 0.25) is 5.02 Å². The number of alkyl halides is 3. The molecule has 2 aromatic carbocycles. The third-order valence-electron chi connectivity index (χ3n) is 12.3. The van der Waals surface area contributed by atoms with Crippen LogP contribution in [-0.2, 0) is 35.3 Å². The zero-order valence-corrected chi connectivity index (χ0v) is 32.5. The molecule has 2 saturated heterocycles. The van der Waals surface area contributed by atoms with Crippen LogP contribution in [0.25, 0.3) is 22.4 Å². The van der Waals surface area contributed by atoms with Crippen molar-refractivity contribution >= 4 is 23.4 Å². The second-order valence-corrected chi connectivity index (χ2v) is 15.9. The highest BCUT2D eigenvalue weighted by atomic mass is 35.5. The van der Waals surface area contributed by atoms with Crippen molar-refractivity contribution in [3.63, 3.8) is 0 Å². The number of hydrogen-bond acceptors (Lipinski definition) is 9. The van der Waals surface area contributed by atoms with Gasteiger partial charge in [0.2, 0.25) is 17.6 Å². The van der Waals surface area contributed by atoms with E-state index < -0.39 is 35.2 Å². The van der Waals surface area contributed by atoms with Crippen molar-refractivity contribution in [1.29, 1.82) is 0 Å². The van der Waals surface area contributed by atoms with Crippen LogP contribution < -0.4 is 19.5 Å². The van der Waals surface area contributed by atoms with Gasteiger partial charge in [0.15, 0.2) is 0 Å². The molecule has 4 aromatic rings. The molecule has 2 N–H and O–H groups in total. The number of benzene rings is 2. The van der Waals surface area contributed by atoms with E-state index in [2.05, 4.69) is 10.3 Å². The summed E-state index contributed by atoms with van der Waals surface area (Å²) in [6, 6.07) is 16.1. The fourth-order valence-electron chi connectivity index (χ4n) is 9.40. The van der Waals surface area contributed by atoms with Gasteiger partial charge in [-0.2, -0.15) is 18.2 Å². The minimum atomic E-state index is -4.79. The first kappa shape index (κ1) is 39.1. The zero-order chi connectivity index (χ0) is 40.1. The van der Waals surface area contributed by atoms with Gasteiger partial charge < -0.3 is 24.6 Å². The van der Waals surface area contributed by atoms with Crippen LogP contribution in [0, 0.1) is 5.92 Å². The third kappa shape index (κ3) is 7.34. The molecule has 0 radical (unpaired) electrons. The number of carboxylic acids is 1. The molecule has 3 fully saturated rings. The van der Waals surface area contributed by atoms with E-state index in [9.17, 15) is 27.9 Å². The van der Waals surface area contributed by atoms with Crippen molar-refractivity contribution in [2.45, 2.75) is 94.7 Å². The van der Waals surface area contributed by atoms with Gasteiger partial charge in [0.1, 0.15) is 23.0 Å². The maximum atomic E-state index is 14.7. The van der Waals surface area contributed by atoms with Gasteiger partial charge in [0, 0.05) is 54.2 Å². The number of ketones is 1. The average Bonchev–Trinajstić information content (AvgIpc) is 3.98. The van der Waals surface area contributed by atoms with Gasteiger partial charge in [0.05, 0.1) is 24.9 Å². The Labute approximate surface area is 333 Å². The molecule has 0 unspecified atom stereocenters. The quantitative estimate of drug-likeness (QED) is 0.136. The Kier molecular flexibility index (Phi) is 10.7. The van der Waals surface area contributed by atoms with Gasteiger partial charge in [-0.15, -0.1) is 0 Å². The summed E-state index contributed by atoms with van der Waals surface area (Å²) in [4.78, 5) is 34.8. The maximum Gasteiger partial charge on any atom is 0.421 e. The number of fused-ring (bicyclic) bond motifs is 3. The number of aromatic nitrogens is 2. The molecule has 300 valence electrons. The van der Waals surface area contributed by atoms with E-state index in [1.54, 1.807) is 12.0 Å². The molecule has 0 spiro atoms. The Hall–Kier alpha value is -4.72. The van der Waals surface area contributed by atoms with E-state index >= 15 is 0 Å². The molecule has 2 aliphatic heterocycles. The second-order valence-electron chi connectivity index (χ2n) is 15.5. The van der Waals surface area contributed by atoms with E-state index in [0.717, 1.165) is 46.8 Å². The number of nitrogens with zero attached hydrogens (tertiary/aromatic N) is 3. The van der Waals surface area contributed by atoms with Crippen LogP contribution in [0.4, 0.5) is 13.2 Å². The van der Waals surface area contributed by atoms with E-state index in [1.807, 2.05) is 48.5 Å². The number of nitrogens with one attached hydrogen (secondary N) is 1. The molecule has 2 bridgehead atoms. The highest BCUT2D eigenvalue weighted by Crippen LogP contribution is 2.50. The van der Waals surface area contributed by atoms with Crippen molar-refractivity contribution in [3.05, 3.63) is 87.4 Å². The molecule has 2 aliphatic carbocycles. The lowest BCUT2D eigenvalue weighted by Crippen LogP contribution is -2.47. The fraction of sp³-hybridized carbons (Fsp3) is 0.442. The van der Waals surface area contributed by atoms with Crippen molar-refractivity contribution < 1.29 is 42.1 Å². The van der Waals surface area contributed by atoms with E-state index in [0.29, 0.717) is 91.8 Å². The lowest BCUT2D eigenvalue weighted by molar-refractivity contribution is -0.149. The first-order chi connectivity index (χ1) is 27.4. The van der Waals surface area contributed by atoms with Gasteiger partial charge in [-0.1, -0.05) is 54.1 Å². The van der Waals surface area contributed by atoms with Crippen LogP contribution in [-0.4, -0.2) is 64.1 Å². The third-order valence-corrected chi connectivity index (χ3v) is 12.7. The lowest BCUT2D eigenvalue weighted by atomic mass is 9.88. The van der Waals surface area contributed by atoms with Crippen molar-refractivity contribution in [1.82, 2.24) is 20.2 Å². The van der Waals surface area contributed by atoms with Crippen LogP contribution in [0.3, 0.4) is 0 Å². The number of carbonyl (C=O) groups is 2. The molecule has 57 heavy (non-hydrogen) atoms. The standard InChI is InChI=1S/C43H44ClF3N4O6/c1-55-38-25(22-48-21-24-9-11-28(52)19-24)10-13-35(49-38)33-8-4-7-32(37(33)44)29-5-3-6-31-30(29)12-14-36(31)57-40-34(43(45,46)47)20-26(39(50-40)56-2)23-51-27-15-17-42(51,18-16-27)41(53)54/h3-8,10,13,20,24,27,36,48H,9,11-12,14-19,21-23H2,1-2H3,(H,53,54)/t24-,27?,36+,42?/m1/s1. The number of Topliss-reactive ketones (excluding diaryl/α,β-unsaturated/α-hetero) is 1. The van der Waals surface area contributed by atoms with Gasteiger partial charge in [-0.05, 0) is 86.2 Å². The lowest BCUT2D eigenvalue weighted by Gasteiger charge is -2.31. The number of carbonyl (C=O) groups excluding carboxylic acids is 1. The highest BCUT2D eigenvalue weighted by Gasteiger charge is 2.56. The summed E-state index contributed by atoms with van der Waals surface area (Å²) in [6.07, 6.45) is -0.135. The van der Waals surface area contributed by atoms with Crippen LogP contribution in [0.5, 0.6) is 17.6 Å². The minimum absolute atomic E-state index is 0.0250. The molecule has 4 heterocycles. The molecule has 2 aromatic heterocycles. The van der Waals surface area contributed by atoms with Crippen molar-refractivity contribution in [2.75, 3.05) is 20.8 Å². The van der Waals surface area contributed by atoms with Gasteiger partial charge >= 0.3 is 12.1 Å². The molecular formula is C43H44ClF3N4O6. The van der Waals surface area contributed by atoms with Crippen molar-refractivity contribution in [2.24, 2.45) is 5.92 Å². The van der Waals surface area contributed by atoms with Gasteiger partial charge in [0.25, 0.3) is 0 Å². The Morgan fingerprint density at radius 1 is 0.930 bits per heavy atom. The number of hydrogen-bond donors (Lipinski definition) is 2. The molecular weight excluding hydrogens is 761 g/mol. The molecule has 0 amide bonds. The number of methoxy groups -OCH3 is 2. The fourth-order valence-corrected chi connectivity index (χ4v) is 9.73. The summed E-state index contributed by atoms with van der Waals surface area (Å²) in [5.74, 6) is -0.445. The van der Waals surface area contributed by atoms with Crippen LogP contribution in [0.1, 0.15) is 85.3 Å². The SMILES string of the molecule is COc1nc(-c2cccc(-c3cccc4c3CC[C@@H]4Oc3nc(OC)c(CN4C5CCC4(C(=O)O)CC5)cc3C(F)(F)F)c2Cl)ccc1CNC[C@@H]1CCC(=O)C1. The first-order valence-electron chi connectivity index (χ1n) is 19.4. The number of ether oxygens (including phenoxy) is 3. The summed E-state index contributed by atoms with van der Waals surface area (Å²) in [6.45, 7) is 1.26. The summed E-state index contributed by atoms with van der Waals surface area (Å²) in [5.41, 5.74) is 3.47. The van der Waals surface area contributed by atoms with E-state index in [1.165, 1.54) is 7.11 Å². The summed E-state index contributed by atoms with van der Waals surface area (Å²) < 4.78 is 61.4. The van der Waals surface area contributed by atoms with Gasteiger partial charge in [-0.3, -0.25) is 14.5 Å². The van der Waals surface area contributed by atoms with Crippen LogP contribution >= 0.6 is 11.6 Å². The number of aliphatic carboxylic acids is 1. The highest BCUT2D eigenvalue weighted by molar-refractivity contribution is 6.36. The predicted molar refractivity (Wildman–Crippen MR) is 206 cm³/mol. The normalized spacial score (nSPS) is 22.9. The number of halogens is 4. The molecule has 1 saturated carbocycles. The monoisotopic (exact) mass is 804 g/mol. The topological polar surface area (TPSA) is 123 Å². The summed E-state index contributed by atoms with van der Waals surface area (Å²) in [7, 11) is 2.91. The predicted octanol–water partition coefficient (Wildman–Crippen LogP) is 8.61. The smallest absolute Gasteiger partial charge is 0.421 e. The molecule has 4 aliphatic rings. The molecule has 10 nitrogen and oxygen atoms in total. The first-order valence-corrected chi connectivity index (χ1v) is 19.8. The Morgan fingerprint density at radius 3 is 2.35 bits per heavy atom. The average molecular weight is 805 g/mol. The van der Waals surface area contributed by atoms with E-state index in [4.69, 9.17) is 30.8 Å². The van der Waals surface area contributed by atoms with Crippen molar-refractivity contribution in [3.8, 4) is 40.0 Å². The molecule has 8 rings (SSSR count). The number of rotatable bonds is 13. The zero-order valence-electron chi connectivity index (χ0n) is 31.8.